The highest BCUT2D eigenvalue weighted by molar-refractivity contribution is 5.85. The maximum atomic E-state index is 12.7. The van der Waals surface area contributed by atoms with Gasteiger partial charge in [0.25, 0.3) is 0 Å². The molecule has 3 rings (SSSR count). The van der Waals surface area contributed by atoms with E-state index in [0.29, 0.717) is 0 Å². The Kier molecular flexibility index (Phi) is 9.65. The van der Waals surface area contributed by atoms with Crippen LogP contribution in [0.2, 0.25) is 0 Å². The molecule has 1 aliphatic carbocycles. The number of halogens is 2. The van der Waals surface area contributed by atoms with Crippen molar-refractivity contribution in [3.63, 3.8) is 0 Å². The van der Waals surface area contributed by atoms with Crippen molar-refractivity contribution in [1.82, 2.24) is 14.7 Å². The van der Waals surface area contributed by atoms with Crippen molar-refractivity contribution in [1.29, 1.82) is 0 Å². The van der Waals surface area contributed by atoms with E-state index in [1.54, 1.807) is 0 Å². The Bertz CT molecular complexity index is 466. The molecule has 3 atom stereocenters. The highest BCUT2D eigenvalue weighted by atomic mass is 35.5. The fourth-order valence-electron chi connectivity index (χ4n) is 4.40. The fraction of sp³-hybridized carbons (Fsp3) is 0.889. The Hall–Kier alpha value is -0.560. The molecule has 2 heterocycles. The predicted octanol–water partition coefficient (Wildman–Crippen LogP) is 1.50. The van der Waals surface area contributed by atoms with Gasteiger partial charge in [-0.15, -0.1) is 24.8 Å². The summed E-state index contributed by atoms with van der Waals surface area (Å²) in [5, 5.41) is 0. The lowest BCUT2D eigenvalue weighted by molar-refractivity contribution is -0.140. The third-order valence-corrected chi connectivity index (χ3v) is 6.01. The number of nitrogens with zero attached hydrogens (tertiary/aromatic N) is 3. The number of hydrogen-bond acceptors (Lipinski definition) is 4. The lowest BCUT2D eigenvalue weighted by Crippen LogP contribution is -2.56. The zero-order chi connectivity index (χ0) is 17.1. The van der Waals surface area contributed by atoms with E-state index in [1.165, 1.54) is 0 Å². The number of carbonyl (C=O) groups is 2. The second-order valence-electron chi connectivity index (χ2n) is 7.69. The fourth-order valence-corrected chi connectivity index (χ4v) is 4.40. The average Bonchev–Trinajstić information content (AvgIpc) is 3.14. The topological polar surface area (TPSA) is 69.9 Å². The molecule has 0 bridgehead atoms. The number of rotatable bonds is 3. The van der Waals surface area contributed by atoms with Gasteiger partial charge in [0, 0.05) is 51.2 Å². The Morgan fingerprint density at radius 2 is 1.50 bits per heavy atom. The Morgan fingerprint density at radius 3 is 2.08 bits per heavy atom. The van der Waals surface area contributed by atoms with Crippen LogP contribution in [0.4, 0.5) is 0 Å². The summed E-state index contributed by atoms with van der Waals surface area (Å²) in [4.78, 5) is 31.4. The van der Waals surface area contributed by atoms with Gasteiger partial charge in [-0.25, -0.2) is 0 Å². The van der Waals surface area contributed by atoms with Gasteiger partial charge in [0.1, 0.15) is 0 Å². The molecule has 2 amide bonds. The maximum absolute atomic E-state index is 12.7. The summed E-state index contributed by atoms with van der Waals surface area (Å²) >= 11 is 0. The molecule has 1 saturated carbocycles. The number of piperazine rings is 1. The van der Waals surface area contributed by atoms with Gasteiger partial charge in [0.2, 0.25) is 11.8 Å². The molecule has 6 nitrogen and oxygen atoms in total. The van der Waals surface area contributed by atoms with Crippen molar-refractivity contribution in [2.24, 2.45) is 11.7 Å². The molecule has 26 heavy (non-hydrogen) atoms. The first-order valence-electron chi connectivity index (χ1n) is 9.63. The minimum atomic E-state index is -0.0662. The number of carbonyl (C=O) groups excluding carboxylic acids is 2. The molecule has 2 saturated heterocycles. The largest absolute Gasteiger partial charge is 0.341 e. The van der Waals surface area contributed by atoms with Crippen molar-refractivity contribution in [3.05, 3.63) is 0 Å². The monoisotopic (exact) mass is 408 g/mol. The van der Waals surface area contributed by atoms with Gasteiger partial charge in [-0.3, -0.25) is 14.5 Å². The highest BCUT2D eigenvalue weighted by Crippen LogP contribution is 2.25. The van der Waals surface area contributed by atoms with Crippen molar-refractivity contribution in [3.8, 4) is 0 Å². The van der Waals surface area contributed by atoms with Crippen LogP contribution in [0.15, 0.2) is 0 Å². The van der Waals surface area contributed by atoms with Gasteiger partial charge >= 0.3 is 0 Å². The van der Waals surface area contributed by atoms with Crippen LogP contribution < -0.4 is 5.73 Å². The summed E-state index contributed by atoms with van der Waals surface area (Å²) in [7, 11) is 0. The van der Waals surface area contributed by atoms with Crippen LogP contribution in [0.1, 0.15) is 45.4 Å². The summed E-state index contributed by atoms with van der Waals surface area (Å²) in [5.41, 5.74) is 6.03. The van der Waals surface area contributed by atoms with Crippen molar-refractivity contribution < 1.29 is 9.59 Å². The zero-order valence-corrected chi connectivity index (χ0v) is 17.4. The SMILES string of the molecule is CC(C(=O)N1CCCC1)N1CCN(C(=O)C2CCCC(N)C2)CC1.Cl.Cl. The molecule has 0 aromatic heterocycles. The molecule has 0 radical (unpaired) electrons. The van der Waals surface area contributed by atoms with Gasteiger partial charge in [-0.05, 0) is 39.0 Å². The first-order chi connectivity index (χ1) is 11.6. The molecule has 0 spiro atoms. The quantitative estimate of drug-likeness (QED) is 0.767. The third-order valence-electron chi connectivity index (χ3n) is 6.01. The first kappa shape index (κ1) is 23.5. The second-order valence-corrected chi connectivity index (χ2v) is 7.69. The molecule has 2 aliphatic heterocycles. The number of amides is 2. The van der Waals surface area contributed by atoms with Crippen molar-refractivity contribution >= 4 is 36.6 Å². The first-order valence-corrected chi connectivity index (χ1v) is 9.63. The Morgan fingerprint density at radius 1 is 0.885 bits per heavy atom. The van der Waals surface area contributed by atoms with Gasteiger partial charge < -0.3 is 15.5 Å². The van der Waals surface area contributed by atoms with E-state index in [0.717, 1.165) is 77.8 Å². The van der Waals surface area contributed by atoms with Crippen LogP contribution in [0.5, 0.6) is 0 Å². The van der Waals surface area contributed by atoms with Crippen LogP contribution in [0.3, 0.4) is 0 Å². The zero-order valence-electron chi connectivity index (χ0n) is 15.8. The van der Waals surface area contributed by atoms with Crippen molar-refractivity contribution in [2.45, 2.75) is 57.5 Å². The molecule has 152 valence electrons. The number of hydrogen-bond donors (Lipinski definition) is 1. The second kappa shape index (κ2) is 10.7. The normalized spacial score (nSPS) is 28.1. The summed E-state index contributed by atoms with van der Waals surface area (Å²) in [6.45, 7) is 6.90. The van der Waals surface area contributed by atoms with E-state index in [9.17, 15) is 9.59 Å². The number of nitrogens with two attached hydrogens (primary N) is 1. The summed E-state index contributed by atoms with van der Waals surface area (Å²) < 4.78 is 0. The molecule has 3 aliphatic rings. The number of likely N-dealkylation sites (tertiary alicyclic amines) is 1. The van der Waals surface area contributed by atoms with Gasteiger partial charge in [0.15, 0.2) is 0 Å². The van der Waals surface area contributed by atoms with Crippen LogP contribution in [-0.4, -0.2) is 77.9 Å². The van der Waals surface area contributed by atoms with E-state index in [-0.39, 0.29) is 54.6 Å². The van der Waals surface area contributed by atoms with E-state index in [4.69, 9.17) is 5.73 Å². The van der Waals surface area contributed by atoms with Crippen LogP contribution >= 0.6 is 24.8 Å². The highest BCUT2D eigenvalue weighted by Gasteiger charge is 2.33. The molecule has 0 aromatic carbocycles. The Labute approximate surface area is 169 Å². The Balaban J connectivity index is 0.00000169. The van der Waals surface area contributed by atoms with Crippen LogP contribution in [0.25, 0.3) is 0 Å². The van der Waals surface area contributed by atoms with E-state index < -0.39 is 0 Å². The van der Waals surface area contributed by atoms with Crippen LogP contribution in [0, 0.1) is 5.92 Å². The predicted molar refractivity (Wildman–Crippen MR) is 108 cm³/mol. The minimum Gasteiger partial charge on any atom is -0.341 e. The summed E-state index contributed by atoms with van der Waals surface area (Å²) in [6.07, 6.45) is 6.20. The summed E-state index contributed by atoms with van der Waals surface area (Å²) in [5.74, 6) is 0.651. The van der Waals surface area contributed by atoms with Crippen molar-refractivity contribution in [2.75, 3.05) is 39.3 Å². The summed E-state index contributed by atoms with van der Waals surface area (Å²) in [6, 6.07) is 0.121. The lowest BCUT2D eigenvalue weighted by atomic mass is 9.85. The molecule has 2 N–H and O–H groups in total. The van der Waals surface area contributed by atoms with E-state index >= 15 is 0 Å². The third kappa shape index (κ3) is 5.47. The minimum absolute atomic E-state index is 0. The molecule has 3 fully saturated rings. The van der Waals surface area contributed by atoms with E-state index in [2.05, 4.69) is 4.90 Å². The van der Waals surface area contributed by atoms with Gasteiger partial charge in [-0.2, -0.15) is 0 Å². The molecule has 0 aromatic rings. The molecular weight excluding hydrogens is 375 g/mol. The smallest absolute Gasteiger partial charge is 0.239 e. The molecule has 8 heteroatoms. The molecule has 3 unspecified atom stereocenters. The van der Waals surface area contributed by atoms with E-state index in [1.807, 2.05) is 16.7 Å². The maximum Gasteiger partial charge on any atom is 0.239 e. The standard InChI is InChI=1S/C18H32N4O2.2ClH/c1-14(17(23)21-7-2-3-8-21)20-9-11-22(12-10-20)18(24)15-5-4-6-16(19)13-15;;/h14-16H,2-13,19H2,1H3;2*1H. The lowest BCUT2D eigenvalue weighted by Gasteiger charge is -2.40. The van der Waals surface area contributed by atoms with Crippen LogP contribution in [-0.2, 0) is 9.59 Å². The average molecular weight is 409 g/mol. The molecular formula is C18H34Cl2N4O2. The van der Waals surface area contributed by atoms with Gasteiger partial charge in [-0.1, -0.05) is 6.42 Å². The van der Waals surface area contributed by atoms with Gasteiger partial charge in [0.05, 0.1) is 6.04 Å².